The molecule has 0 bridgehead atoms. The Morgan fingerprint density at radius 3 is 2.77 bits per heavy atom. The quantitative estimate of drug-likeness (QED) is 0.636. The number of aliphatic imine (C=N–C) groups is 1. The van der Waals surface area contributed by atoms with E-state index in [2.05, 4.69) is 59.6 Å². The molecule has 0 aliphatic carbocycles. The van der Waals surface area contributed by atoms with Gasteiger partial charge in [-0.25, -0.2) is 4.99 Å². The van der Waals surface area contributed by atoms with Gasteiger partial charge in [0.2, 0.25) is 0 Å². The first-order chi connectivity index (χ1) is 10.7. The Bertz CT molecular complexity index is 619. The van der Waals surface area contributed by atoms with Gasteiger partial charge in [-0.15, -0.1) is 11.3 Å². The van der Waals surface area contributed by atoms with E-state index >= 15 is 0 Å². The van der Waals surface area contributed by atoms with E-state index < -0.39 is 0 Å². The summed E-state index contributed by atoms with van der Waals surface area (Å²) in [6.45, 7) is 8.75. The van der Waals surface area contributed by atoms with Gasteiger partial charge < -0.3 is 10.6 Å². The van der Waals surface area contributed by atoms with Crippen molar-refractivity contribution < 1.29 is 0 Å². The van der Waals surface area contributed by atoms with Crippen molar-refractivity contribution in [2.24, 2.45) is 4.99 Å². The first-order valence-electron chi connectivity index (χ1n) is 7.66. The maximum atomic E-state index is 4.64. The highest BCUT2D eigenvalue weighted by molar-refractivity contribution is 7.11. The molecule has 118 valence electrons. The third-order valence-electron chi connectivity index (χ3n) is 3.36. The van der Waals surface area contributed by atoms with Crippen molar-refractivity contribution in [1.82, 2.24) is 15.6 Å². The van der Waals surface area contributed by atoms with Gasteiger partial charge in [-0.05, 0) is 56.5 Å². The third kappa shape index (κ3) is 5.15. The van der Waals surface area contributed by atoms with Crippen LogP contribution in [0.2, 0.25) is 0 Å². The summed E-state index contributed by atoms with van der Waals surface area (Å²) in [6.07, 6.45) is 4.73. The average molecular weight is 316 g/mol. The molecule has 0 aliphatic heterocycles. The molecule has 0 radical (unpaired) electrons. The van der Waals surface area contributed by atoms with Gasteiger partial charge in [0.05, 0.1) is 6.54 Å². The van der Waals surface area contributed by atoms with Crippen molar-refractivity contribution >= 4 is 17.3 Å². The van der Waals surface area contributed by atoms with Gasteiger partial charge in [-0.1, -0.05) is 0 Å². The second kappa shape index (κ2) is 8.54. The average Bonchev–Trinajstić information content (AvgIpc) is 2.92. The highest BCUT2D eigenvalue weighted by atomic mass is 32.1. The van der Waals surface area contributed by atoms with Gasteiger partial charge in [-0.2, -0.15) is 0 Å². The summed E-state index contributed by atoms with van der Waals surface area (Å²) in [6, 6.07) is 6.37. The van der Waals surface area contributed by atoms with E-state index in [-0.39, 0.29) is 0 Å². The fourth-order valence-electron chi connectivity index (χ4n) is 2.17. The number of pyridine rings is 1. The molecular formula is C17H24N4S. The van der Waals surface area contributed by atoms with E-state index in [9.17, 15) is 0 Å². The Labute approximate surface area is 136 Å². The van der Waals surface area contributed by atoms with Gasteiger partial charge in [-0.3, -0.25) is 4.98 Å². The SMILES string of the molecule is CCNC(=NCc1ccc(C)s1)NCCc1ccncc1C. The van der Waals surface area contributed by atoms with Crippen LogP contribution in [0.25, 0.3) is 0 Å². The number of aromatic nitrogens is 1. The fourth-order valence-corrected chi connectivity index (χ4v) is 2.98. The van der Waals surface area contributed by atoms with Gasteiger partial charge in [0.25, 0.3) is 0 Å². The molecular weight excluding hydrogens is 292 g/mol. The molecule has 0 amide bonds. The second-order valence-electron chi connectivity index (χ2n) is 5.19. The zero-order valence-electron chi connectivity index (χ0n) is 13.5. The summed E-state index contributed by atoms with van der Waals surface area (Å²) in [5.74, 6) is 0.875. The van der Waals surface area contributed by atoms with Crippen LogP contribution >= 0.6 is 11.3 Å². The molecule has 0 aliphatic rings. The molecule has 2 aromatic rings. The van der Waals surface area contributed by atoms with E-state index in [0.29, 0.717) is 0 Å². The molecule has 0 aromatic carbocycles. The zero-order valence-corrected chi connectivity index (χ0v) is 14.3. The van der Waals surface area contributed by atoms with Crippen LogP contribution in [0, 0.1) is 13.8 Å². The lowest BCUT2D eigenvalue weighted by atomic mass is 10.1. The van der Waals surface area contributed by atoms with Crippen molar-refractivity contribution in [3.63, 3.8) is 0 Å². The Morgan fingerprint density at radius 2 is 2.09 bits per heavy atom. The Morgan fingerprint density at radius 1 is 1.23 bits per heavy atom. The molecule has 2 heterocycles. The van der Waals surface area contributed by atoms with Crippen LogP contribution in [0.3, 0.4) is 0 Å². The Hall–Kier alpha value is -1.88. The zero-order chi connectivity index (χ0) is 15.8. The molecule has 2 rings (SSSR count). The lowest BCUT2D eigenvalue weighted by molar-refractivity contribution is 0.797. The molecule has 0 fully saturated rings. The van der Waals surface area contributed by atoms with Gasteiger partial charge >= 0.3 is 0 Å². The topological polar surface area (TPSA) is 49.3 Å². The van der Waals surface area contributed by atoms with Crippen LogP contribution in [0.4, 0.5) is 0 Å². The molecule has 0 atom stereocenters. The van der Waals surface area contributed by atoms with Crippen molar-refractivity contribution in [3.8, 4) is 0 Å². The Balaban J connectivity index is 1.87. The summed E-state index contributed by atoms with van der Waals surface area (Å²) >= 11 is 1.80. The first kappa shape index (κ1) is 16.5. The number of nitrogens with one attached hydrogen (secondary N) is 2. The molecule has 0 saturated heterocycles. The van der Waals surface area contributed by atoms with E-state index in [4.69, 9.17) is 0 Å². The maximum Gasteiger partial charge on any atom is 0.191 e. The van der Waals surface area contributed by atoms with E-state index in [0.717, 1.165) is 32.0 Å². The van der Waals surface area contributed by atoms with Crippen LogP contribution in [-0.4, -0.2) is 24.0 Å². The number of thiophene rings is 1. The summed E-state index contributed by atoms with van der Waals surface area (Å²) in [5, 5.41) is 6.69. The number of hydrogen-bond donors (Lipinski definition) is 2. The predicted molar refractivity (Wildman–Crippen MR) is 94.6 cm³/mol. The summed E-state index contributed by atoms with van der Waals surface area (Å²) < 4.78 is 0. The first-order valence-corrected chi connectivity index (χ1v) is 8.47. The van der Waals surface area contributed by atoms with Crippen LogP contribution < -0.4 is 10.6 Å². The number of hydrogen-bond acceptors (Lipinski definition) is 3. The number of aryl methyl sites for hydroxylation is 2. The minimum atomic E-state index is 0.724. The monoisotopic (exact) mass is 316 g/mol. The Kier molecular flexibility index (Phi) is 6.40. The summed E-state index contributed by atoms with van der Waals surface area (Å²) in [5.41, 5.74) is 2.56. The highest BCUT2D eigenvalue weighted by Crippen LogP contribution is 2.15. The van der Waals surface area contributed by atoms with E-state index in [1.165, 1.54) is 20.9 Å². The van der Waals surface area contributed by atoms with Gasteiger partial charge in [0.15, 0.2) is 5.96 Å². The largest absolute Gasteiger partial charge is 0.357 e. The smallest absolute Gasteiger partial charge is 0.191 e. The lowest BCUT2D eigenvalue weighted by Crippen LogP contribution is -2.38. The predicted octanol–water partition coefficient (Wildman–Crippen LogP) is 3.06. The van der Waals surface area contributed by atoms with Crippen molar-refractivity contribution in [1.29, 1.82) is 0 Å². The van der Waals surface area contributed by atoms with Crippen LogP contribution in [0.15, 0.2) is 35.6 Å². The minimum absolute atomic E-state index is 0.724. The van der Waals surface area contributed by atoms with Gasteiger partial charge in [0, 0.05) is 35.2 Å². The number of nitrogens with zero attached hydrogens (tertiary/aromatic N) is 2. The molecule has 22 heavy (non-hydrogen) atoms. The molecule has 2 N–H and O–H groups in total. The van der Waals surface area contributed by atoms with Crippen LogP contribution in [0.5, 0.6) is 0 Å². The van der Waals surface area contributed by atoms with E-state index in [1.807, 2.05) is 12.4 Å². The standard InChI is InChI=1S/C17H24N4S/c1-4-19-17(21-12-16-6-5-14(3)22-16)20-10-8-15-7-9-18-11-13(15)2/h5-7,9,11H,4,8,10,12H2,1-3H3,(H2,19,20,21). The number of rotatable bonds is 6. The van der Waals surface area contributed by atoms with Crippen molar-refractivity contribution in [2.45, 2.75) is 33.7 Å². The van der Waals surface area contributed by atoms with Crippen LogP contribution in [-0.2, 0) is 13.0 Å². The minimum Gasteiger partial charge on any atom is -0.357 e. The maximum absolute atomic E-state index is 4.64. The highest BCUT2D eigenvalue weighted by Gasteiger charge is 2.01. The third-order valence-corrected chi connectivity index (χ3v) is 4.34. The summed E-state index contributed by atoms with van der Waals surface area (Å²) in [7, 11) is 0. The molecule has 5 heteroatoms. The second-order valence-corrected chi connectivity index (χ2v) is 6.56. The van der Waals surface area contributed by atoms with Crippen molar-refractivity contribution in [3.05, 3.63) is 51.5 Å². The van der Waals surface area contributed by atoms with Crippen molar-refractivity contribution in [2.75, 3.05) is 13.1 Å². The molecule has 0 spiro atoms. The molecule has 0 saturated carbocycles. The fraction of sp³-hybridized carbons (Fsp3) is 0.412. The van der Waals surface area contributed by atoms with Crippen LogP contribution in [0.1, 0.15) is 27.8 Å². The number of guanidine groups is 1. The molecule has 0 unspecified atom stereocenters. The normalized spacial score (nSPS) is 11.5. The molecule has 2 aromatic heterocycles. The van der Waals surface area contributed by atoms with Gasteiger partial charge in [0.1, 0.15) is 0 Å². The summed E-state index contributed by atoms with van der Waals surface area (Å²) in [4.78, 5) is 11.4. The lowest BCUT2D eigenvalue weighted by Gasteiger charge is -2.11. The van der Waals surface area contributed by atoms with E-state index in [1.54, 1.807) is 11.3 Å². The molecule has 4 nitrogen and oxygen atoms in total.